The van der Waals surface area contributed by atoms with Crippen LogP contribution < -0.4 is 0 Å². The summed E-state index contributed by atoms with van der Waals surface area (Å²) in [6.45, 7) is 3.31. The number of hydrogen-bond donors (Lipinski definition) is 0. The molecule has 2 amide bonds. The maximum Gasteiger partial charge on any atom is 0.289 e. The van der Waals surface area contributed by atoms with Crippen molar-refractivity contribution in [2.45, 2.75) is 26.3 Å². The molecule has 1 heterocycles. The fraction of sp³-hybridized carbons (Fsp3) is 0.625. The third kappa shape index (κ3) is 1.91. The molecule has 1 aliphatic heterocycles. The number of amides is 2. The van der Waals surface area contributed by atoms with E-state index in [0.29, 0.717) is 6.42 Å². The second-order valence-corrected chi connectivity index (χ2v) is 3.74. The van der Waals surface area contributed by atoms with E-state index in [1.165, 1.54) is 0 Å². The van der Waals surface area contributed by atoms with Crippen molar-refractivity contribution >= 4 is 28.7 Å². The summed E-state index contributed by atoms with van der Waals surface area (Å²) in [6.07, 6.45) is 0.350. The number of rotatable bonds is 3. The first kappa shape index (κ1) is 10.2. The highest BCUT2D eigenvalue weighted by Crippen LogP contribution is 2.21. The van der Waals surface area contributed by atoms with Crippen LogP contribution >= 0.6 is 11.8 Å². The summed E-state index contributed by atoms with van der Waals surface area (Å²) in [5.74, 6) is -0.173. The molecule has 0 N–H and O–H groups in total. The van der Waals surface area contributed by atoms with Crippen molar-refractivity contribution in [1.82, 2.24) is 4.90 Å². The van der Waals surface area contributed by atoms with E-state index >= 15 is 0 Å². The van der Waals surface area contributed by atoms with Gasteiger partial charge in [0.15, 0.2) is 5.78 Å². The smallest absolute Gasteiger partial charge is 0.289 e. The monoisotopic (exact) mass is 201 g/mol. The van der Waals surface area contributed by atoms with Crippen LogP contribution in [-0.4, -0.2) is 33.6 Å². The quantitative estimate of drug-likeness (QED) is 0.684. The predicted molar refractivity (Wildman–Crippen MR) is 49.5 cm³/mol. The van der Waals surface area contributed by atoms with Gasteiger partial charge in [0.1, 0.15) is 0 Å². The van der Waals surface area contributed by atoms with Crippen LogP contribution in [0.25, 0.3) is 0 Å². The maximum atomic E-state index is 11.2. The summed E-state index contributed by atoms with van der Waals surface area (Å²) in [4.78, 5) is 34.6. The van der Waals surface area contributed by atoms with Crippen LogP contribution in [0, 0.1) is 0 Å². The van der Waals surface area contributed by atoms with Crippen LogP contribution in [0.1, 0.15) is 20.3 Å². The Balaban J connectivity index is 2.75. The zero-order valence-corrected chi connectivity index (χ0v) is 8.39. The first-order valence-electron chi connectivity index (χ1n) is 4.09. The van der Waals surface area contributed by atoms with Gasteiger partial charge in [-0.05, 0) is 6.92 Å². The fourth-order valence-electron chi connectivity index (χ4n) is 1.18. The van der Waals surface area contributed by atoms with Crippen molar-refractivity contribution in [2.24, 2.45) is 0 Å². The van der Waals surface area contributed by atoms with E-state index in [1.54, 1.807) is 13.8 Å². The second-order valence-electron chi connectivity index (χ2n) is 2.81. The van der Waals surface area contributed by atoms with E-state index in [-0.39, 0.29) is 22.7 Å². The summed E-state index contributed by atoms with van der Waals surface area (Å²) in [5, 5.41) is -0.306. The Morgan fingerprint density at radius 2 is 2.23 bits per heavy atom. The number of nitrogens with zero attached hydrogens (tertiary/aromatic N) is 1. The number of carbonyl (C=O) groups is 3. The number of hydrogen-bond acceptors (Lipinski definition) is 4. The molecule has 0 radical (unpaired) electrons. The lowest BCUT2D eigenvalue weighted by molar-refractivity contribution is -0.132. The van der Waals surface area contributed by atoms with Gasteiger partial charge in [0.2, 0.25) is 5.91 Å². The van der Waals surface area contributed by atoms with E-state index < -0.39 is 6.04 Å². The van der Waals surface area contributed by atoms with Crippen molar-refractivity contribution in [3.8, 4) is 0 Å². The highest BCUT2D eigenvalue weighted by atomic mass is 32.2. The van der Waals surface area contributed by atoms with E-state index in [9.17, 15) is 14.4 Å². The van der Waals surface area contributed by atoms with Gasteiger partial charge in [-0.15, -0.1) is 0 Å². The van der Waals surface area contributed by atoms with Crippen LogP contribution in [0.4, 0.5) is 4.79 Å². The first-order chi connectivity index (χ1) is 6.07. The minimum atomic E-state index is -0.597. The zero-order chi connectivity index (χ0) is 10.0. The average Bonchev–Trinajstić information content (AvgIpc) is 2.44. The normalized spacial score (nSPS) is 19.4. The van der Waals surface area contributed by atoms with Crippen LogP contribution in [0.3, 0.4) is 0 Å². The highest BCUT2D eigenvalue weighted by Gasteiger charge is 2.36. The lowest BCUT2D eigenvalue weighted by Gasteiger charge is -2.19. The van der Waals surface area contributed by atoms with E-state index in [4.69, 9.17) is 0 Å². The fourth-order valence-corrected chi connectivity index (χ4v) is 1.96. The van der Waals surface area contributed by atoms with Crippen molar-refractivity contribution in [3.05, 3.63) is 0 Å². The summed E-state index contributed by atoms with van der Waals surface area (Å²) in [5.41, 5.74) is 0. The molecule has 1 aliphatic rings. The van der Waals surface area contributed by atoms with Gasteiger partial charge in [0.25, 0.3) is 5.24 Å². The molecule has 1 atom stereocenters. The molecule has 4 nitrogen and oxygen atoms in total. The Morgan fingerprint density at radius 1 is 1.62 bits per heavy atom. The molecule has 5 heteroatoms. The molecule has 13 heavy (non-hydrogen) atoms. The Morgan fingerprint density at radius 3 is 2.62 bits per heavy atom. The third-order valence-electron chi connectivity index (χ3n) is 1.99. The number of ketones is 1. The van der Waals surface area contributed by atoms with E-state index in [0.717, 1.165) is 16.7 Å². The highest BCUT2D eigenvalue weighted by molar-refractivity contribution is 8.14. The lowest BCUT2D eigenvalue weighted by atomic mass is 10.1. The molecule has 0 aliphatic carbocycles. The van der Waals surface area contributed by atoms with Gasteiger partial charge in [-0.1, -0.05) is 18.7 Å². The number of carbonyl (C=O) groups excluding carboxylic acids is 3. The molecule has 1 fully saturated rings. The Labute approximate surface area is 80.7 Å². The second kappa shape index (κ2) is 3.91. The molecule has 1 rings (SSSR count). The third-order valence-corrected chi connectivity index (χ3v) is 2.82. The van der Waals surface area contributed by atoms with Crippen molar-refractivity contribution in [3.63, 3.8) is 0 Å². The molecular formula is C8H11NO3S. The minimum Gasteiger partial charge on any atom is -0.297 e. The average molecular weight is 201 g/mol. The Kier molecular flexibility index (Phi) is 3.08. The minimum absolute atomic E-state index is 0.0794. The Bertz CT molecular complexity index is 248. The van der Waals surface area contributed by atoms with Crippen LogP contribution in [-0.2, 0) is 9.59 Å². The molecule has 72 valence electrons. The molecule has 0 aromatic heterocycles. The number of thioether (sulfide) groups is 1. The van der Waals surface area contributed by atoms with Gasteiger partial charge in [0.05, 0.1) is 11.8 Å². The molecule has 0 bridgehead atoms. The van der Waals surface area contributed by atoms with Crippen LogP contribution in [0.15, 0.2) is 0 Å². The van der Waals surface area contributed by atoms with Gasteiger partial charge in [-0.3, -0.25) is 19.3 Å². The van der Waals surface area contributed by atoms with Gasteiger partial charge >= 0.3 is 0 Å². The van der Waals surface area contributed by atoms with E-state index in [2.05, 4.69) is 0 Å². The van der Waals surface area contributed by atoms with Crippen molar-refractivity contribution in [1.29, 1.82) is 0 Å². The molecular weight excluding hydrogens is 190 g/mol. The van der Waals surface area contributed by atoms with E-state index in [1.807, 2.05) is 0 Å². The van der Waals surface area contributed by atoms with Crippen LogP contribution in [0.2, 0.25) is 0 Å². The molecule has 0 aromatic rings. The summed E-state index contributed by atoms with van der Waals surface area (Å²) < 4.78 is 0. The number of imide groups is 1. The molecule has 0 spiro atoms. The Hall–Kier alpha value is -0.840. The lowest BCUT2D eigenvalue weighted by Crippen LogP contribution is -2.41. The topological polar surface area (TPSA) is 54.5 Å². The molecule has 1 unspecified atom stereocenters. The molecule has 0 aromatic carbocycles. The standard InChI is InChI=1S/C8H11NO3S/c1-3-6(10)5(2)9-7(11)4-13-8(9)12/h5H,3-4H2,1-2H3. The largest absolute Gasteiger partial charge is 0.297 e. The van der Waals surface area contributed by atoms with Gasteiger partial charge < -0.3 is 0 Å². The summed E-state index contributed by atoms with van der Waals surface area (Å²) >= 11 is 0.955. The summed E-state index contributed by atoms with van der Waals surface area (Å²) in [6, 6.07) is -0.597. The first-order valence-corrected chi connectivity index (χ1v) is 5.08. The SMILES string of the molecule is CCC(=O)C(C)N1C(=O)CSC1=O. The molecule has 1 saturated heterocycles. The van der Waals surface area contributed by atoms with Gasteiger partial charge in [0, 0.05) is 6.42 Å². The maximum absolute atomic E-state index is 11.2. The van der Waals surface area contributed by atoms with Crippen molar-refractivity contribution < 1.29 is 14.4 Å². The van der Waals surface area contributed by atoms with Gasteiger partial charge in [-0.25, -0.2) is 0 Å². The molecule has 0 saturated carbocycles. The summed E-state index contributed by atoms with van der Waals surface area (Å²) in [7, 11) is 0. The van der Waals surface area contributed by atoms with Crippen LogP contribution in [0.5, 0.6) is 0 Å². The van der Waals surface area contributed by atoms with Crippen molar-refractivity contribution in [2.75, 3.05) is 5.75 Å². The predicted octanol–water partition coefficient (Wildman–Crippen LogP) is 1.05. The van der Waals surface area contributed by atoms with Gasteiger partial charge in [-0.2, -0.15) is 0 Å². The number of Topliss-reactive ketones (excluding diaryl/α,β-unsaturated/α-hetero) is 1. The zero-order valence-electron chi connectivity index (χ0n) is 7.57.